The minimum atomic E-state index is -0.320. The van der Waals surface area contributed by atoms with Gasteiger partial charge in [-0.1, -0.05) is 48.5 Å². The Hall–Kier alpha value is -4.06. The van der Waals surface area contributed by atoms with Gasteiger partial charge in [0.1, 0.15) is 17.2 Å². The number of nitrogens with zero attached hydrogens (tertiary/aromatic N) is 2. The summed E-state index contributed by atoms with van der Waals surface area (Å²) in [6.07, 6.45) is 0.818. The summed E-state index contributed by atoms with van der Waals surface area (Å²) >= 11 is 0. The van der Waals surface area contributed by atoms with Gasteiger partial charge in [-0.15, -0.1) is 0 Å². The Kier molecular flexibility index (Phi) is 5.34. The molecule has 0 aromatic heterocycles. The van der Waals surface area contributed by atoms with Gasteiger partial charge in [0.2, 0.25) is 0 Å². The van der Waals surface area contributed by atoms with Gasteiger partial charge in [-0.05, 0) is 41.8 Å². The highest BCUT2D eigenvalue weighted by molar-refractivity contribution is 6.37. The third kappa shape index (κ3) is 3.53. The van der Waals surface area contributed by atoms with Crippen LogP contribution in [-0.4, -0.2) is 37.5 Å². The van der Waals surface area contributed by atoms with E-state index in [2.05, 4.69) is 6.07 Å². The van der Waals surface area contributed by atoms with Gasteiger partial charge < -0.3 is 14.4 Å². The molecule has 2 aliphatic heterocycles. The van der Waals surface area contributed by atoms with E-state index in [1.807, 2.05) is 71.6 Å². The molecule has 166 valence electrons. The van der Waals surface area contributed by atoms with Crippen LogP contribution in [-0.2, 0) is 22.6 Å². The largest absolute Gasteiger partial charge is 0.497 e. The lowest BCUT2D eigenvalue weighted by Crippen LogP contribution is -2.34. The summed E-state index contributed by atoms with van der Waals surface area (Å²) in [5, 5.41) is 0. The van der Waals surface area contributed by atoms with Gasteiger partial charge in [0, 0.05) is 17.8 Å². The predicted molar refractivity (Wildman–Crippen MR) is 126 cm³/mol. The number of amides is 2. The Morgan fingerprint density at radius 2 is 1.55 bits per heavy atom. The zero-order valence-electron chi connectivity index (χ0n) is 18.6. The highest BCUT2D eigenvalue weighted by atomic mass is 16.5. The van der Waals surface area contributed by atoms with Gasteiger partial charge >= 0.3 is 0 Å². The van der Waals surface area contributed by atoms with Crippen LogP contribution in [0.4, 0.5) is 5.69 Å². The number of ether oxygens (including phenoxy) is 2. The van der Waals surface area contributed by atoms with E-state index in [1.165, 1.54) is 10.5 Å². The molecule has 33 heavy (non-hydrogen) atoms. The van der Waals surface area contributed by atoms with Crippen LogP contribution in [0.3, 0.4) is 0 Å². The maximum absolute atomic E-state index is 13.8. The molecule has 2 aliphatic rings. The quantitative estimate of drug-likeness (QED) is 0.542. The summed E-state index contributed by atoms with van der Waals surface area (Å²) in [6.45, 7) is 0.821. The SMILES string of the molecule is COc1ccc(CN2C(=O)C(c3ccccc3OC)=C(N3CCc4ccccc43)C2=O)cc1. The van der Waals surface area contributed by atoms with E-state index >= 15 is 0 Å². The first-order chi connectivity index (χ1) is 16.1. The van der Waals surface area contributed by atoms with Gasteiger partial charge in [-0.2, -0.15) is 0 Å². The van der Waals surface area contributed by atoms with E-state index in [0.29, 0.717) is 29.1 Å². The minimum absolute atomic E-state index is 0.180. The average molecular weight is 440 g/mol. The van der Waals surface area contributed by atoms with Gasteiger partial charge in [0.15, 0.2) is 0 Å². The third-order valence-electron chi connectivity index (χ3n) is 6.18. The predicted octanol–water partition coefficient (Wildman–Crippen LogP) is 4.05. The Labute approximate surface area is 192 Å². The van der Waals surface area contributed by atoms with Crippen LogP contribution < -0.4 is 14.4 Å². The number of fused-ring (bicyclic) bond motifs is 1. The van der Waals surface area contributed by atoms with Crippen LogP contribution >= 0.6 is 0 Å². The first-order valence-electron chi connectivity index (χ1n) is 10.8. The molecule has 6 heteroatoms. The molecule has 0 N–H and O–H groups in total. The second-order valence-electron chi connectivity index (χ2n) is 8.00. The van der Waals surface area contributed by atoms with Crippen LogP contribution in [0.5, 0.6) is 11.5 Å². The van der Waals surface area contributed by atoms with E-state index in [9.17, 15) is 9.59 Å². The van der Waals surface area contributed by atoms with E-state index in [-0.39, 0.29) is 18.4 Å². The molecule has 2 heterocycles. The van der Waals surface area contributed by atoms with Crippen molar-refractivity contribution < 1.29 is 19.1 Å². The normalized spacial score (nSPS) is 15.3. The molecule has 0 radical (unpaired) electrons. The lowest BCUT2D eigenvalue weighted by Gasteiger charge is -2.22. The summed E-state index contributed by atoms with van der Waals surface area (Å²) in [7, 11) is 3.17. The molecule has 0 atom stereocenters. The molecule has 3 aromatic carbocycles. The average Bonchev–Trinajstić information content (AvgIpc) is 3.38. The molecule has 6 nitrogen and oxygen atoms in total. The molecule has 3 aromatic rings. The molecule has 5 rings (SSSR count). The lowest BCUT2D eigenvalue weighted by atomic mass is 10.0. The van der Waals surface area contributed by atoms with Crippen molar-refractivity contribution in [1.82, 2.24) is 4.90 Å². The van der Waals surface area contributed by atoms with Gasteiger partial charge in [-0.25, -0.2) is 0 Å². The number of methoxy groups -OCH3 is 2. The number of hydrogen-bond donors (Lipinski definition) is 0. The van der Waals surface area contributed by atoms with Gasteiger partial charge in [-0.3, -0.25) is 14.5 Å². The summed E-state index contributed by atoms with van der Waals surface area (Å²) in [5.41, 5.74) is 4.38. The van der Waals surface area contributed by atoms with Crippen LogP contribution in [0.1, 0.15) is 16.7 Å². The fraction of sp³-hybridized carbons (Fsp3) is 0.185. The standard InChI is InChI=1S/C27H24N2O4/c1-32-20-13-11-18(12-14-20)17-29-26(30)24(21-8-4-6-10-23(21)33-2)25(27(29)31)28-16-15-19-7-3-5-9-22(19)28/h3-14H,15-17H2,1-2H3. The number of para-hydroxylation sites is 2. The summed E-state index contributed by atoms with van der Waals surface area (Å²) < 4.78 is 10.8. The summed E-state index contributed by atoms with van der Waals surface area (Å²) in [4.78, 5) is 30.8. The first kappa shape index (κ1) is 20.8. The number of benzene rings is 3. The summed E-state index contributed by atoms with van der Waals surface area (Å²) in [6, 6.07) is 22.7. The maximum Gasteiger partial charge on any atom is 0.278 e. The van der Waals surface area contributed by atoms with Gasteiger partial charge in [0.05, 0.1) is 26.3 Å². The number of carbonyl (C=O) groups excluding carboxylic acids is 2. The molecule has 0 unspecified atom stereocenters. The van der Waals surface area contributed by atoms with Crippen molar-refractivity contribution in [3.05, 3.63) is 95.2 Å². The maximum atomic E-state index is 13.8. The van der Waals surface area contributed by atoms with Crippen LogP contribution in [0.25, 0.3) is 5.57 Å². The number of carbonyl (C=O) groups is 2. The van der Waals surface area contributed by atoms with Crippen molar-refractivity contribution in [3.8, 4) is 11.5 Å². The zero-order chi connectivity index (χ0) is 22.9. The molecule has 0 spiro atoms. The highest BCUT2D eigenvalue weighted by Gasteiger charge is 2.44. The van der Waals surface area contributed by atoms with Crippen LogP contribution in [0.15, 0.2) is 78.5 Å². The first-order valence-corrected chi connectivity index (χ1v) is 10.8. The molecule has 0 saturated carbocycles. The fourth-order valence-electron chi connectivity index (χ4n) is 4.54. The minimum Gasteiger partial charge on any atom is -0.497 e. The number of hydrogen-bond acceptors (Lipinski definition) is 5. The topological polar surface area (TPSA) is 59.1 Å². The Morgan fingerprint density at radius 3 is 2.30 bits per heavy atom. The van der Waals surface area contributed by atoms with Crippen LogP contribution in [0, 0.1) is 0 Å². The monoisotopic (exact) mass is 440 g/mol. The molecule has 0 fully saturated rings. The van der Waals surface area contributed by atoms with Crippen molar-refractivity contribution in [3.63, 3.8) is 0 Å². The Bertz CT molecular complexity index is 1260. The smallest absolute Gasteiger partial charge is 0.278 e. The van der Waals surface area contributed by atoms with E-state index in [0.717, 1.165) is 23.4 Å². The van der Waals surface area contributed by atoms with Crippen LogP contribution in [0.2, 0.25) is 0 Å². The second kappa shape index (κ2) is 8.47. The second-order valence-corrected chi connectivity index (χ2v) is 8.00. The van der Waals surface area contributed by atoms with Crippen molar-refractivity contribution >= 4 is 23.1 Å². The van der Waals surface area contributed by atoms with Gasteiger partial charge in [0.25, 0.3) is 11.8 Å². The van der Waals surface area contributed by atoms with Crippen molar-refractivity contribution in [2.75, 3.05) is 25.7 Å². The van der Waals surface area contributed by atoms with E-state index < -0.39 is 0 Å². The number of rotatable bonds is 6. The lowest BCUT2D eigenvalue weighted by molar-refractivity contribution is -0.137. The number of anilines is 1. The third-order valence-corrected chi connectivity index (χ3v) is 6.18. The molecular formula is C27H24N2O4. The fourth-order valence-corrected chi connectivity index (χ4v) is 4.54. The molecule has 0 saturated heterocycles. The van der Waals surface area contributed by atoms with E-state index in [4.69, 9.17) is 9.47 Å². The Balaban J connectivity index is 1.60. The van der Waals surface area contributed by atoms with Crippen molar-refractivity contribution in [1.29, 1.82) is 0 Å². The van der Waals surface area contributed by atoms with Crippen molar-refractivity contribution in [2.24, 2.45) is 0 Å². The molecule has 2 amide bonds. The number of imide groups is 1. The van der Waals surface area contributed by atoms with Crippen molar-refractivity contribution in [2.45, 2.75) is 13.0 Å². The molecule has 0 bridgehead atoms. The van der Waals surface area contributed by atoms with E-state index in [1.54, 1.807) is 14.2 Å². The molecular weight excluding hydrogens is 416 g/mol. The molecule has 0 aliphatic carbocycles. The Morgan fingerprint density at radius 1 is 0.818 bits per heavy atom. The highest BCUT2D eigenvalue weighted by Crippen LogP contribution is 2.41. The summed E-state index contributed by atoms with van der Waals surface area (Å²) in [5.74, 6) is 0.665. The zero-order valence-corrected chi connectivity index (χ0v) is 18.6.